The van der Waals surface area contributed by atoms with Crippen molar-refractivity contribution < 1.29 is 5.21 Å². The summed E-state index contributed by atoms with van der Waals surface area (Å²) < 4.78 is 0. The van der Waals surface area contributed by atoms with Crippen molar-refractivity contribution in [2.45, 2.75) is 26.2 Å². The summed E-state index contributed by atoms with van der Waals surface area (Å²) in [6.45, 7) is 6.24. The van der Waals surface area contributed by atoms with Gasteiger partial charge in [0.25, 0.3) is 0 Å². The number of rotatable bonds is 3. The molecule has 0 aliphatic carbocycles. The highest BCUT2D eigenvalue weighted by atomic mass is 16.4. The summed E-state index contributed by atoms with van der Waals surface area (Å²) in [5.74, 6) is 0. The zero-order chi connectivity index (χ0) is 12.2. The summed E-state index contributed by atoms with van der Waals surface area (Å²) in [5.41, 5.74) is 2.27. The van der Waals surface area contributed by atoms with Gasteiger partial charge < -0.3 is 5.21 Å². The molecule has 1 N–H and O–H groups in total. The van der Waals surface area contributed by atoms with E-state index < -0.39 is 0 Å². The number of oxime groups is 1. The summed E-state index contributed by atoms with van der Waals surface area (Å²) in [5, 5.41) is 14.5. The van der Waals surface area contributed by atoms with Gasteiger partial charge in [0, 0.05) is 5.56 Å². The Morgan fingerprint density at radius 1 is 1.25 bits per heavy atom. The van der Waals surface area contributed by atoms with Gasteiger partial charge in [0.1, 0.15) is 12.3 Å². The Morgan fingerprint density at radius 3 is 2.19 bits per heavy atom. The third-order valence-electron chi connectivity index (χ3n) is 2.42. The zero-order valence-corrected chi connectivity index (χ0v) is 9.77. The molecule has 1 aromatic rings. The molecule has 0 radical (unpaired) electrons. The quantitative estimate of drug-likeness (QED) is 0.368. The van der Waals surface area contributed by atoms with Crippen LogP contribution in [0.15, 0.2) is 34.6 Å². The molecule has 0 unspecified atom stereocenters. The van der Waals surface area contributed by atoms with Gasteiger partial charge in [0.15, 0.2) is 0 Å². The molecule has 0 amide bonds. The van der Waals surface area contributed by atoms with Crippen LogP contribution in [0.25, 0.3) is 0 Å². The molecule has 0 fully saturated rings. The second kappa shape index (κ2) is 4.88. The van der Waals surface area contributed by atoms with E-state index in [1.807, 2.05) is 24.3 Å². The van der Waals surface area contributed by atoms with Crippen molar-refractivity contribution >= 4 is 5.71 Å². The highest BCUT2D eigenvalue weighted by Crippen LogP contribution is 2.22. The summed E-state index contributed by atoms with van der Waals surface area (Å²) in [6, 6.07) is 7.60. The molecule has 1 aromatic carbocycles. The van der Waals surface area contributed by atoms with Crippen LogP contribution in [0, 0.1) is 4.91 Å². The van der Waals surface area contributed by atoms with Crippen LogP contribution in [0.3, 0.4) is 0 Å². The van der Waals surface area contributed by atoms with Crippen LogP contribution >= 0.6 is 0 Å². The van der Waals surface area contributed by atoms with E-state index in [1.165, 1.54) is 5.56 Å². The number of hydrogen-bond donors (Lipinski definition) is 1. The van der Waals surface area contributed by atoms with Gasteiger partial charge in [-0.15, -0.1) is 0 Å². The van der Waals surface area contributed by atoms with Crippen molar-refractivity contribution in [3.05, 3.63) is 40.3 Å². The molecule has 4 nitrogen and oxygen atoms in total. The highest BCUT2D eigenvalue weighted by Gasteiger charge is 2.13. The average molecular weight is 220 g/mol. The number of nitroso groups, excluding NO2 is 1. The van der Waals surface area contributed by atoms with Gasteiger partial charge in [0.2, 0.25) is 0 Å². The second-order valence-electron chi connectivity index (χ2n) is 4.66. The van der Waals surface area contributed by atoms with Gasteiger partial charge in [-0.1, -0.05) is 55.4 Å². The van der Waals surface area contributed by atoms with Gasteiger partial charge in [-0.3, -0.25) is 0 Å². The molecule has 0 aliphatic rings. The van der Waals surface area contributed by atoms with E-state index >= 15 is 0 Å². The first-order valence-corrected chi connectivity index (χ1v) is 5.10. The van der Waals surface area contributed by atoms with E-state index in [4.69, 9.17) is 5.21 Å². The first-order chi connectivity index (χ1) is 7.49. The Hall–Kier alpha value is -1.71. The standard InChI is InChI=1S/C12H16N2O2/c1-12(2,3)10-6-4-9(5-7-10)11(14-16)8-13-15/h4-7,16H,8H2,1-3H3/b14-11+. The fraction of sp³-hybridized carbons (Fsp3) is 0.417. The first kappa shape index (κ1) is 12.4. The van der Waals surface area contributed by atoms with Crippen LogP contribution in [0.1, 0.15) is 31.9 Å². The monoisotopic (exact) mass is 220 g/mol. The molecule has 0 aromatic heterocycles. The Bertz CT molecular complexity index is 388. The summed E-state index contributed by atoms with van der Waals surface area (Å²) >= 11 is 0. The van der Waals surface area contributed by atoms with Gasteiger partial charge >= 0.3 is 0 Å². The Labute approximate surface area is 95.0 Å². The first-order valence-electron chi connectivity index (χ1n) is 5.10. The largest absolute Gasteiger partial charge is 0.411 e. The highest BCUT2D eigenvalue weighted by molar-refractivity contribution is 6.01. The minimum Gasteiger partial charge on any atom is -0.411 e. The van der Waals surface area contributed by atoms with Crippen molar-refractivity contribution in [3.8, 4) is 0 Å². The van der Waals surface area contributed by atoms with Crippen LogP contribution in [0.2, 0.25) is 0 Å². The van der Waals surface area contributed by atoms with Crippen LogP contribution in [-0.2, 0) is 5.41 Å². The van der Waals surface area contributed by atoms with E-state index in [9.17, 15) is 4.91 Å². The Kier molecular flexibility index (Phi) is 3.77. The van der Waals surface area contributed by atoms with Crippen LogP contribution in [-0.4, -0.2) is 17.5 Å². The average Bonchev–Trinajstić information content (AvgIpc) is 2.25. The van der Waals surface area contributed by atoms with Crippen LogP contribution in [0.4, 0.5) is 0 Å². The van der Waals surface area contributed by atoms with E-state index in [-0.39, 0.29) is 17.7 Å². The van der Waals surface area contributed by atoms with Gasteiger partial charge in [0.05, 0.1) is 0 Å². The normalized spacial score (nSPS) is 12.6. The molecule has 0 saturated heterocycles. The van der Waals surface area contributed by atoms with E-state index in [0.29, 0.717) is 0 Å². The SMILES string of the molecule is CC(C)(C)c1ccc(/C(CN=O)=N/O)cc1. The predicted molar refractivity (Wildman–Crippen MR) is 64.1 cm³/mol. The molecule has 86 valence electrons. The van der Waals surface area contributed by atoms with Crippen LogP contribution in [0.5, 0.6) is 0 Å². The van der Waals surface area contributed by atoms with Gasteiger partial charge in [-0.2, -0.15) is 4.91 Å². The Morgan fingerprint density at radius 2 is 1.81 bits per heavy atom. The molecule has 4 heteroatoms. The maximum absolute atomic E-state index is 10.1. The molecule has 0 heterocycles. The number of benzene rings is 1. The second-order valence-corrected chi connectivity index (χ2v) is 4.66. The minimum atomic E-state index is -0.120. The van der Waals surface area contributed by atoms with Crippen molar-refractivity contribution in [1.29, 1.82) is 0 Å². The lowest BCUT2D eigenvalue weighted by Gasteiger charge is -2.19. The predicted octanol–water partition coefficient (Wildman–Crippen LogP) is 2.93. The Balaban J connectivity index is 2.99. The van der Waals surface area contributed by atoms with Crippen molar-refractivity contribution in [1.82, 2.24) is 0 Å². The molecule has 0 bridgehead atoms. The lowest BCUT2D eigenvalue weighted by atomic mass is 9.86. The van der Waals surface area contributed by atoms with Gasteiger partial charge in [-0.05, 0) is 11.0 Å². The topological polar surface area (TPSA) is 62.0 Å². The molecular weight excluding hydrogens is 204 g/mol. The van der Waals surface area contributed by atoms with E-state index in [1.54, 1.807) is 0 Å². The molecule has 1 rings (SSSR count). The third-order valence-corrected chi connectivity index (χ3v) is 2.42. The lowest BCUT2D eigenvalue weighted by molar-refractivity contribution is 0.318. The maximum atomic E-state index is 10.1. The van der Waals surface area contributed by atoms with Crippen LogP contribution < -0.4 is 0 Å². The smallest absolute Gasteiger partial charge is 0.127 e. The van der Waals surface area contributed by atoms with Crippen molar-refractivity contribution in [2.24, 2.45) is 10.3 Å². The third kappa shape index (κ3) is 2.89. The van der Waals surface area contributed by atoms with Crippen molar-refractivity contribution in [3.63, 3.8) is 0 Å². The van der Waals surface area contributed by atoms with E-state index in [0.717, 1.165) is 5.56 Å². The fourth-order valence-corrected chi connectivity index (χ4v) is 1.40. The molecular formula is C12H16N2O2. The molecule has 0 saturated carbocycles. The molecule has 0 atom stereocenters. The minimum absolute atomic E-state index is 0.0813. The zero-order valence-electron chi connectivity index (χ0n) is 9.77. The molecule has 0 spiro atoms. The van der Waals surface area contributed by atoms with Gasteiger partial charge in [-0.25, -0.2) is 0 Å². The summed E-state index contributed by atoms with van der Waals surface area (Å²) in [7, 11) is 0. The maximum Gasteiger partial charge on any atom is 0.127 e. The summed E-state index contributed by atoms with van der Waals surface area (Å²) in [4.78, 5) is 10.1. The molecule has 0 aliphatic heterocycles. The number of hydrogen-bond acceptors (Lipinski definition) is 4. The lowest BCUT2D eigenvalue weighted by Crippen LogP contribution is -2.12. The fourth-order valence-electron chi connectivity index (χ4n) is 1.40. The summed E-state index contributed by atoms with van der Waals surface area (Å²) in [6.07, 6.45) is 0. The van der Waals surface area contributed by atoms with E-state index in [2.05, 4.69) is 31.1 Å². The van der Waals surface area contributed by atoms with Crippen molar-refractivity contribution in [2.75, 3.05) is 6.54 Å². The number of nitrogens with zero attached hydrogens (tertiary/aromatic N) is 2. The molecule has 16 heavy (non-hydrogen) atoms.